The molecule has 33 heavy (non-hydrogen) atoms. The Balaban J connectivity index is 1.65. The molecule has 0 amide bonds. The van der Waals surface area contributed by atoms with Crippen molar-refractivity contribution >= 4 is 33.3 Å². The quantitative estimate of drug-likeness (QED) is 0.361. The average molecular weight is 470 g/mol. The predicted molar refractivity (Wildman–Crippen MR) is 136 cm³/mol. The molecule has 1 fully saturated rings. The average Bonchev–Trinajstić information content (AvgIpc) is 3.34. The maximum atomic E-state index is 9.81. The summed E-state index contributed by atoms with van der Waals surface area (Å²) < 4.78 is 6.73. The van der Waals surface area contributed by atoms with Gasteiger partial charge in [-0.15, -0.1) is 11.3 Å². The van der Waals surface area contributed by atoms with Crippen molar-refractivity contribution in [1.82, 2.24) is 15.0 Å². The summed E-state index contributed by atoms with van der Waals surface area (Å²) in [5.74, 6) is 2.59. The van der Waals surface area contributed by atoms with E-state index in [0.717, 1.165) is 51.7 Å². The van der Waals surface area contributed by atoms with Gasteiger partial charge in [-0.1, -0.05) is 32.9 Å². The third-order valence-electron chi connectivity index (χ3n) is 6.80. The number of aromatic nitrogens is 3. The lowest BCUT2D eigenvalue weighted by molar-refractivity contribution is 0.144. The van der Waals surface area contributed by atoms with E-state index in [0.29, 0.717) is 36.9 Å². The number of rotatable bonds is 10. The number of anilines is 2. The fraction of sp³-hybridized carbons (Fsp3) is 0.560. The molecule has 1 aromatic carbocycles. The molecule has 2 aromatic heterocycles. The Hall–Kier alpha value is -2.29. The van der Waals surface area contributed by atoms with Crippen LogP contribution >= 0.6 is 11.3 Å². The van der Waals surface area contributed by atoms with E-state index in [2.05, 4.69) is 37.5 Å². The summed E-state index contributed by atoms with van der Waals surface area (Å²) in [4.78, 5) is 14.5. The van der Waals surface area contributed by atoms with Crippen LogP contribution < -0.4 is 10.6 Å². The molecular weight excluding hydrogens is 434 g/mol. The molecule has 178 valence electrons. The number of aliphatic hydroxyl groups is 1. The van der Waals surface area contributed by atoms with Crippen molar-refractivity contribution in [2.75, 3.05) is 37.0 Å². The highest BCUT2D eigenvalue weighted by Crippen LogP contribution is 2.41. The number of aliphatic hydroxyl groups excluding tert-OH is 1. The van der Waals surface area contributed by atoms with E-state index < -0.39 is 0 Å². The first kappa shape index (κ1) is 23.9. The second-order valence-corrected chi connectivity index (χ2v) is 10.1. The van der Waals surface area contributed by atoms with E-state index in [4.69, 9.17) is 19.7 Å². The number of para-hydroxylation sites is 1. The van der Waals surface area contributed by atoms with Crippen LogP contribution in [0.25, 0.3) is 20.8 Å². The molecule has 4 atom stereocenters. The summed E-state index contributed by atoms with van der Waals surface area (Å²) in [6.07, 6.45) is 1.93. The topological polar surface area (TPSA) is 92.2 Å². The molecule has 3 N–H and O–H groups in total. The van der Waals surface area contributed by atoms with Crippen molar-refractivity contribution in [3.05, 3.63) is 30.0 Å². The van der Waals surface area contributed by atoms with Crippen molar-refractivity contribution in [3.63, 3.8) is 0 Å². The second kappa shape index (κ2) is 10.8. The Kier molecular flexibility index (Phi) is 7.78. The lowest BCUT2D eigenvalue weighted by Gasteiger charge is -2.22. The molecule has 2 heterocycles. The van der Waals surface area contributed by atoms with Crippen LogP contribution in [0.15, 0.2) is 24.3 Å². The maximum Gasteiger partial charge on any atom is 0.224 e. The van der Waals surface area contributed by atoms with Crippen molar-refractivity contribution in [1.29, 1.82) is 0 Å². The van der Waals surface area contributed by atoms with Gasteiger partial charge in [-0.3, -0.25) is 0 Å². The predicted octanol–water partition coefficient (Wildman–Crippen LogP) is 4.97. The number of aryl methyl sites for hydroxylation is 1. The molecule has 4 rings (SSSR count). The first-order valence-corrected chi connectivity index (χ1v) is 12.8. The normalized spacial score (nSPS) is 22.7. The van der Waals surface area contributed by atoms with Crippen LogP contribution in [0.1, 0.15) is 39.3 Å². The highest BCUT2D eigenvalue weighted by atomic mass is 32.1. The van der Waals surface area contributed by atoms with Gasteiger partial charge in [-0.2, -0.15) is 4.98 Å². The number of ether oxygens (including phenoxy) is 1. The number of nitrogens with zero attached hydrogens (tertiary/aromatic N) is 3. The van der Waals surface area contributed by atoms with Gasteiger partial charge in [-0.05, 0) is 49.7 Å². The molecule has 0 unspecified atom stereocenters. The Morgan fingerprint density at radius 2 is 1.94 bits per heavy atom. The SMILES string of the molecule is CCCOCCNc1nc(C)c(-c2nc3ccccc3s2)c(N[C@@H]2C[C@H](CO)[C@@H](C)[C@H]2C)n1. The minimum Gasteiger partial charge on any atom is -0.396 e. The van der Waals surface area contributed by atoms with E-state index in [1.807, 2.05) is 25.1 Å². The molecule has 1 aliphatic carbocycles. The van der Waals surface area contributed by atoms with Crippen LogP contribution in [-0.4, -0.2) is 52.5 Å². The molecule has 8 heteroatoms. The molecule has 0 aliphatic heterocycles. The third kappa shape index (κ3) is 5.28. The van der Waals surface area contributed by atoms with Crippen LogP contribution in [-0.2, 0) is 4.74 Å². The summed E-state index contributed by atoms with van der Waals surface area (Å²) >= 11 is 1.66. The van der Waals surface area contributed by atoms with Gasteiger partial charge in [0.05, 0.1) is 28.1 Å². The van der Waals surface area contributed by atoms with Crippen molar-refractivity contribution < 1.29 is 9.84 Å². The lowest BCUT2D eigenvalue weighted by Crippen LogP contribution is -2.25. The Bertz CT molecular complexity index is 1040. The second-order valence-electron chi connectivity index (χ2n) is 9.03. The van der Waals surface area contributed by atoms with E-state index >= 15 is 0 Å². The first-order valence-electron chi connectivity index (χ1n) is 11.9. The zero-order valence-electron chi connectivity index (χ0n) is 20.0. The number of hydrogen-bond donors (Lipinski definition) is 3. The minimum absolute atomic E-state index is 0.224. The summed E-state index contributed by atoms with van der Waals surface area (Å²) in [5, 5.41) is 17.8. The first-order chi connectivity index (χ1) is 16.0. The Morgan fingerprint density at radius 3 is 2.67 bits per heavy atom. The van der Waals surface area contributed by atoms with Gasteiger partial charge in [0.15, 0.2) is 0 Å². The van der Waals surface area contributed by atoms with Crippen LogP contribution in [0, 0.1) is 24.7 Å². The smallest absolute Gasteiger partial charge is 0.224 e. The summed E-state index contributed by atoms with van der Waals surface area (Å²) in [6, 6.07) is 8.42. The molecule has 0 saturated heterocycles. The van der Waals surface area contributed by atoms with E-state index in [1.165, 1.54) is 0 Å². The summed E-state index contributed by atoms with van der Waals surface area (Å²) in [5.41, 5.74) is 2.83. The lowest BCUT2D eigenvalue weighted by atomic mass is 9.92. The number of benzene rings is 1. The number of fused-ring (bicyclic) bond motifs is 1. The highest BCUT2D eigenvalue weighted by molar-refractivity contribution is 7.21. The number of thiazole rings is 1. The molecule has 0 spiro atoms. The van der Waals surface area contributed by atoms with Gasteiger partial charge in [-0.25, -0.2) is 9.97 Å². The molecular formula is C25H35N5O2S. The number of nitrogens with one attached hydrogen (secondary N) is 2. The van der Waals surface area contributed by atoms with Gasteiger partial charge in [0, 0.05) is 25.8 Å². The van der Waals surface area contributed by atoms with Gasteiger partial charge in [0.2, 0.25) is 5.95 Å². The molecule has 7 nitrogen and oxygen atoms in total. The van der Waals surface area contributed by atoms with Crippen molar-refractivity contribution in [2.24, 2.45) is 17.8 Å². The summed E-state index contributed by atoms with van der Waals surface area (Å²) in [6.45, 7) is 10.9. The minimum atomic E-state index is 0.224. The fourth-order valence-corrected chi connectivity index (χ4v) is 5.69. The van der Waals surface area contributed by atoms with Crippen LogP contribution in [0.4, 0.5) is 11.8 Å². The zero-order valence-corrected chi connectivity index (χ0v) is 20.8. The van der Waals surface area contributed by atoms with Crippen molar-refractivity contribution in [2.45, 2.75) is 46.6 Å². The van der Waals surface area contributed by atoms with E-state index in [1.54, 1.807) is 11.3 Å². The molecule has 0 radical (unpaired) electrons. The van der Waals surface area contributed by atoms with Gasteiger partial charge < -0.3 is 20.5 Å². The van der Waals surface area contributed by atoms with Crippen LogP contribution in [0.2, 0.25) is 0 Å². The van der Waals surface area contributed by atoms with Crippen LogP contribution in [0.3, 0.4) is 0 Å². The third-order valence-corrected chi connectivity index (χ3v) is 7.85. The fourth-order valence-electron chi connectivity index (χ4n) is 4.63. The molecule has 1 saturated carbocycles. The standard InChI is InChI=1S/C25H35N5O2S/c1-5-11-32-12-10-26-25-27-17(4)22(24-29-19-8-6-7-9-21(19)33-24)23(30-25)28-20-13-18(14-31)15(2)16(20)3/h6-9,15-16,18,20,31H,5,10-14H2,1-4H3,(H2,26,27,28,30)/t15-,16+,18+,20+/m0/s1. The molecule has 0 bridgehead atoms. The van der Waals surface area contributed by atoms with E-state index in [-0.39, 0.29) is 12.6 Å². The maximum absolute atomic E-state index is 9.81. The Labute approximate surface area is 200 Å². The zero-order chi connectivity index (χ0) is 23.4. The largest absolute Gasteiger partial charge is 0.396 e. The van der Waals surface area contributed by atoms with Crippen LogP contribution in [0.5, 0.6) is 0 Å². The van der Waals surface area contributed by atoms with Gasteiger partial charge >= 0.3 is 0 Å². The highest BCUT2D eigenvalue weighted by Gasteiger charge is 2.38. The molecule has 3 aromatic rings. The van der Waals surface area contributed by atoms with Gasteiger partial charge in [0.1, 0.15) is 10.8 Å². The number of hydrogen-bond acceptors (Lipinski definition) is 8. The summed E-state index contributed by atoms with van der Waals surface area (Å²) in [7, 11) is 0. The van der Waals surface area contributed by atoms with Gasteiger partial charge in [0.25, 0.3) is 0 Å². The van der Waals surface area contributed by atoms with Crippen molar-refractivity contribution in [3.8, 4) is 10.6 Å². The monoisotopic (exact) mass is 469 g/mol. The molecule has 1 aliphatic rings. The van der Waals surface area contributed by atoms with E-state index in [9.17, 15) is 5.11 Å². The Morgan fingerprint density at radius 1 is 1.12 bits per heavy atom.